The molecule has 1 N–H and O–H groups in total. The van der Waals surface area contributed by atoms with Crippen molar-refractivity contribution in [3.63, 3.8) is 0 Å². The first-order valence-electron chi connectivity index (χ1n) is 7.67. The maximum absolute atomic E-state index is 12.6. The molecular formula is C18H21NO5S. The molecule has 25 heavy (non-hydrogen) atoms. The molecule has 0 aliphatic carbocycles. The van der Waals surface area contributed by atoms with Crippen LogP contribution in [0.1, 0.15) is 35.7 Å². The number of anilines is 1. The average Bonchev–Trinajstić information content (AvgIpc) is 2.61. The third-order valence-corrected chi connectivity index (χ3v) is 5.11. The van der Waals surface area contributed by atoms with Gasteiger partial charge in [0.05, 0.1) is 30.4 Å². The largest absolute Gasteiger partial charge is 0.497 e. The predicted octanol–water partition coefficient (Wildman–Crippen LogP) is 3.41. The van der Waals surface area contributed by atoms with Gasteiger partial charge in [0, 0.05) is 0 Å². The quantitative estimate of drug-likeness (QED) is 0.796. The smallest absolute Gasteiger partial charge is 0.340 e. The summed E-state index contributed by atoms with van der Waals surface area (Å²) in [5, 5.41) is 0. The van der Waals surface area contributed by atoms with Gasteiger partial charge < -0.3 is 9.47 Å². The Bertz CT molecular complexity index is 858. The van der Waals surface area contributed by atoms with Gasteiger partial charge in [-0.15, -0.1) is 0 Å². The number of hydrogen-bond donors (Lipinski definition) is 1. The molecule has 0 atom stereocenters. The van der Waals surface area contributed by atoms with Crippen molar-refractivity contribution in [1.82, 2.24) is 0 Å². The maximum Gasteiger partial charge on any atom is 0.340 e. The van der Waals surface area contributed by atoms with E-state index < -0.39 is 16.0 Å². The highest BCUT2D eigenvalue weighted by Gasteiger charge is 2.20. The lowest BCUT2D eigenvalue weighted by molar-refractivity contribution is 0.0601. The minimum Gasteiger partial charge on any atom is -0.497 e. The van der Waals surface area contributed by atoms with E-state index in [-0.39, 0.29) is 16.1 Å². The minimum absolute atomic E-state index is 0.0734. The Balaban J connectivity index is 2.38. The van der Waals surface area contributed by atoms with Crippen molar-refractivity contribution < 1.29 is 22.7 Å². The number of sulfonamides is 1. The Morgan fingerprint density at radius 2 is 1.68 bits per heavy atom. The monoisotopic (exact) mass is 363 g/mol. The Morgan fingerprint density at radius 3 is 2.20 bits per heavy atom. The molecule has 0 saturated heterocycles. The van der Waals surface area contributed by atoms with E-state index in [0.29, 0.717) is 11.7 Å². The van der Waals surface area contributed by atoms with Crippen LogP contribution in [-0.4, -0.2) is 28.6 Å². The lowest BCUT2D eigenvalue weighted by atomic mass is 10.0. The Labute approximate surface area is 147 Å². The maximum atomic E-state index is 12.6. The van der Waals surface area contributed by atoms with Crippen molar-refractivity contribution >= 4 is 21.7 Å². The van der Waals surface area contributed by atoms with Crippen LogP contribution in [0.3, 0.4) is 0 Å². The normalized spacial score (nSPS) is 11.2. The number of nitrogens with one attached hydrogen (secondary N) is 1. The summed E-state index contributed by atoms with van der Waals surface area (Å²) >= 11 is 0. The van der Waals surface area contributed by atoms with Gasteiger partial charge in [0.1, 0.15) is 5.75 Å². The minimum atomic E-state index is -3.84. The Kier molecular flexibility index (Phi) is 5.69. The van der Waals surface area contributed by atoms with Crippen LogP contribution in [0.5, 0.6) is 5.75 Å². The molecule has 0 heterocycles. The molecule has 0 saturated carbocycles. The molecule has 2 rings (SSSR count). The fourth-order valence-corrected chi connectivity index (χ4v) is 3.33. The summed E-state index contributed by atoms with van der Waals surface area (Å²) in [5.74, 6) is 0.0635. The van der Waals surface area contributed by atoms with Crippen LogP contribution >= 0.6 is 0 Å². The molecule has 6 nitrogen and oxygen atoms in total. The zero-order valence-corrected chi connectivity index (χ0v) is 15.4. The second-order valence-electron chi connectivity index (χ2n) is 5.73. The standard InChI is InChI=1S/C18H21NO5S/c1-12(2)13-5-8-15(9-6-13)25(21,22)19-17-10-7-14(23-3)11-16(17)18(20)24-4/h5-12,19H,1-4H3. The van der Waals surface area contributed by atoms with Crippen molar-refractivity contribution in [2.24, 2.45) is 0 Å². The molecule has 0 aliphatic rings. The van der Waals surface area contributed by atoms with Crippen LogP contribution in [0.4, 0.5) is 5.69 Å². The van der Waals surface area contributed by atoms with Crippen molar-refractivity contribution in [3.8, 4) is 5.75 Å². The number of methoxy groups -OCH3 is 2. The molecule has 2 aromatic rings. The lowest BCUT2D eigenvalue weighted by Crippen LogP contribution is -2.16. The van der Waals surface area contributed by atoms with E-state index in [2.05, 4.69) is 4.72 Å². The summed E-state index contributed by atoms with van der Waals surface area (Å²) < 4.78 is 37.4. The predicted molar refractivity (Wildman–Crippen MR) is 95.7 cm³/mol. The Hall–Kier alpha value is -2.54. The van der Waals surface area contributed by atoms with Gasteiger partial charge >= 0.3 is 5.97 Å². The second-order valence-corrected chi connectivity index (χ2v) is 7.41. The lowest BCUT2D eigenvalue weighted by Gasteiger charge is -2.13. The van der Waals surface area contributed by atoms with Gasteiger partial charge in [0.25, 0.3) is 10.0 Å². The second kappa shape index (κ2) is 7.57. The molecule has 0 aromatic heterocycles. The molecule has 0 unspecified atom stereocenters. The highest BCUT2D eigenvalue weighted by Crippen LogP contribution is 2.26. The van der Waals surface area contributed by atoms with Crippen LogP contribution in [-0.2, 0) is 14.8 Å². The molecular weight excluding hydrogens is 342 g/mol. The Morgan fingerprint density at radius 1 is 1.04 bits per heavy atom. The molecule has 0 fully saturated rings. The number of benzene rings is 2. The van der Waals surface area contributed by atoms with Gasteiger partial charge in [0.2, 0.25) is 0 Å². The van der Waals surface area contributed by atoms with Crippen LogP contribution in [0.2, 0.25) is 0 Å². The highest BCUT2D eigenvalue weighted by molar-refractivity contribution is 7.92. The van der Waals surface area contributed by atoms with Gasteiger partial charge in [-0.25, -0.2) is 13.2 Å². The molecule has 2 aromatic carbocycles. The molecule has 0 radical (unpaired) electrons. The number of hydrogen-bond acceptors (Lipinski definition) is 5. The van der Waals surface area contributed by atoms with Crippen molar-refractivity contribution in [1.29, 1.82) is 0 Å². The number of carbonyl (C=O) groups is 1. The molecule has 7 heteroatoms. The van der Waals surface area contributed by atoms with E-state index in [1.54, 1.807) is 30.3 Å². The summed E-state index contributed by atoms with van der Waals surface area (Å²) in [7, 11) is -1.16. The van der Waals surface area contributed by atoms with Crippen molar-refractivity contribution in [2.45, 2.75) is 24.7 Å². The summed E-state index contributed by atoms with van der Waals surface area (Å²) in [4.78, 5) is 12.0. The van der Waals surface area contributed by atoms with Gasteiger partial charge in [0.15, 0.2) is 0 Å². The van der Waals surface area contributed by atoms with E-state index in [9.17, 15) is 13.2 Å². The molecule has 0 amide bonds. The summed E-state index contributed by atoms with van der Waals surface area (Å²) in [6.45, 7) is 4.06. The molecule has 0 bridgehead atoms. The van der Waals surface area contributed by atoms with E-state index in [4.69, 9.17) is 9.47 Å². The first-order chi connectivity index (χ1) is 11.8. The number of esters is 1. The number of carbonyl (C=O) groups excluding carboxylic acids is 1. The number of ether oxygens (including phenoxy) is 2. The molecule has 134 valence electrons. The number of rotatable bonds is 6. The van der Waals surface area contributed by atoms with Gasteiger partial charge in [-0.1, -0.05) is 26.0 Å². The first kappa shape index (κ1) is 18.8. The van der Waals surface area contributed by atoms with Crippen molar-refractivity contribution in [3.05, 3.63) is 53.6 Å². The van der Waals surface area contributed by atoms with Crippen LogP contribution in [0, 0.1) is 0 Å². The third-order valence-electron chi connectivity index (χ3n) is 3.73. The molecule has 0 aliphatic heterocycles. The highest BCUT2D eigenvalue weighted by atomic mass is 32.2. The zero-order chi connectivity index (χ0) is 18.6. The van der Waals surface area contributed by atoms with Crippen LogP contribution < -0.4 is 9.46 Å². The zero-order valence-electron chi connectivity index (χ0n) is 14.6. The third kappa shape index (κ3) is 4.30. The molecule has 0 spiro atoms. The summed E-state index contributed by atoms with van der Waals surface area (Å²) in [6.07, 6.45) is 0. The summed E-state index contributed by atoms with van der Waals surface area (Å²) in [5.41, 5.74) is 1.24. The fourth-order valence-electron chi connectivity index (χ4n) is 2.25. The van der Waals surface area contributed by atoms with E-state index >= 15 is 0 Å². The first-order valence-corrected chi connectivity index (χ1v) is 9.16. The van der Waals surface area contributed by atoms with Gasteiger partial charge in [-0.2, -0.15) is 0 Å². The summed E-state index contributed by atoms with van der Waals surface area (Å²) in [6, 6.07) is 11.1. The van der Waals surface area contributed by atoms with E-state index in [1.165, 1.54) is 26.4 Å². The SMILES string of the molecule is COC(=O)c1cc(OC)ccc1NS(=O)(=O)c1ccc(C(C)C)cc1. The fraction of sp³-hybridized carbons (Fsp3) is 0.278. The van der Waals surface area contributed by atoms with Gasteiger partial charge in [-0.3, -0.25) is 4.72 Å². The van der Waals surface area contributed by atoms with E-state index in [1.807, 2.05) is 13.8 Å². The van der Waals surface area contributed by atoms with Crippen LogP contribution in [0.15, 0.2) is 47.4 Å². The van der Waals surface area contributed by atoms with Crippen molar-refractivity contribution in [2.75, 3.05) is 18.9 Å². The van der Waals surface area contributed by atoms with E-state index in [0.717, 1.165) is 5.56 Å². The average molecular weight is 363 g/mol. The van der Waals surface area contributed by atoms with Gasteiger partial charge in [-0.05, 0) is 41.8 Å². The van der Waals surface area contributed by atoms with Crippen LogP contribution in [0.25, 0.3) is 0 Å². The topological polar surface area (TPSA) is 81.7 Å².